The molecular weight excluding hydrogens is 232 g/mol. The highest BCUT2D eigenvalue weighted by Crippen LogP contribution is 2.16. The van der Waals surface area contributed by atoms with Crippen LogP contribution in [-0.2, 0) is 9.78 Å². The maximum Gasteiger partial charge on any atom is 0.441 e. The number of carbonyl (C=O) groups is 1. The summed E-state index contributed by atoms with van der Waals surface area (Å²) in [5, 5.41) is 0. The number of rotatable bonds is 5. The number of hydrogen-bond donors (Lipinski definition) is 0. The lowest BCUT2D eigenvalue weighted by molar-refractivity contribution is -0.222. The minimum absolute atomic E-state index is 0.380. The van der Waals surface area contributed by atoms with Crippen molar-refractivity contribution in [3.05, 3.63) is 12.7 Å². The van der Waals surface area contributed by atoms with Crippen LogP contribution in [0.15, 0.2) is 12.7 Å². The molecule has 0 aliphatic carbocycles. The summed E-state index contributed by atoms with van der Waals surface area (Å²) in [6, 6.07) is 0.380. The first-order valence-corrected chi connectivity index (χ1v) is 6.40. The van der Waals surface area contributed by atoms with Crippen LogP contribution in [0.1, 0.15) is 19.8 Å². The minimum atomic E-state index is -0.396. The van der Waals surface area contributed by atoms with E-state index in [1.807, 2.05) is 6.08 Å². The van der Waals surface area contributed by atoms with Crippen molar-refractivity contribution < 1.29 is 14.6 Å². The molecule has 0 aromatic rings. The van der Waals surface area contributed by atoms with Gasteiger partial charge < -0.3 is 9.80 Å². The van der Waals surface area contributed by atoms with Gasteiger partial charge in [0.15, 0.2) is 0 Å². The molecule has 5 nitrogen and oxygen atoms in total. The van der Waals surface area contributed by atoms with Crippen molar-refractivity contribution in [2.45, 2.75) is 25.8 Å². The Morgan fingerprint density at radius 2 is 2.39 bits per heavy atom. The minimum Gasteiger partial charge on any atom is -0.304 e. The normalized spacial score (nSPS) is 21.8. The van der Waals surface area contributed by atoms with Crippen LogP contribution >= 0.6 is 0 Å². The molecule has 1 aliphatic heterocycles. The number of carbonyl (C=O) groups excluding carboxylic acids is 1. The Hall–Kier alpha value is -1.07. The number of hydrogen-bond acceptors (Lipinski definition) is 4. The summed E-state index contributed by atoms with van der Waals surface area (Å²) in [6.07, 6.45) is 3.66. The molecular formula is C13H24N2O3. The van der Waals surface area contributed by atoms with E-state index in [1.54, 1.807) is 4.90 Å². The average molecular weight is 256 g/mol. The van der Waals surface area contributed by atoms with E-state index in [9.17, 15) is 4.79 Å². The molecule has 0 saturated carbocycles. The number of likely N-dealkylation sites (N-methyl/N-ethyl adjacent to an activating group) is 1. The van der Waals surface area contributed by atoms with Gasteiger partial charge in [0, 0.05) is 25.7 Å². The van der Waals surface area contributed by atoms with Gasteiger partial charge >= 0.3 is 6.09 Å². The highest BCUT2D eigenvalue weighted by Gasteiger charge is 2.27. The van der Waals surface area contributed by atoms with E-state index in [0.29, 0.717) is 18.5 Å². The Labute approximate surface area is 109 Å². The number of likely N-dealkylation sites (tertiary alicyclic amines) is 1. The third kappa shape index (κ3) is 4.31. The zero-order valence-electron chi connectivity index (χ0n) is 11.6. The topological polar surface area (TPSA) is 42.0 Å². The van der Waals surface area contributed by atoms with E-state index >= 15 is 0 Å². The van der Waals surface area contributed by atoms with Crippen molar-refractivity contribution in [1.82, 2.24) is 9.80 Å². The van der Waals surface area contributed by atoms with Crippen LogP contribution in [0, 0.1) is 5.92 Å². The maximum absolute atomic E-state index is 11.6. The largest absolute Gasteiger partial charge is 0.441 e. The van der Waals surface area contributed by atoms with E-state index in [2.05, 4.69) is 35.2 Å². The van der Waals surface area contributed by atoms with Gasteiger partial charge in [0.05, 0.1) is 7.11 Å². The summed E-state index contributed by atoms with van der Waals surface area (Å²) in [4.78, 5) is 24.6. The fourth-order valence-electron chi connectivity index (χ4n) is 2.28. The Morgan fingerprint density at radius 1 is 1.67 bits per heavy atom. The van der Waals surface area contributed by atoms with Crippen molar-refractivity contribution in [3.63, 3.8) is 0 Å². The predicted molar refractivity (Wildman–Crippen MR) is 70.1 cm³/mol. The molecule has 104 valence electrons. The first kappa shape index (κ1) is 15.0. The van der Waals surface area contributed by atoms with Crippen LogP contribution in [0.25, 0.3) is 0 Å². The first-order valence-electron chi connectivity index (χ1n) is 6.40. The second-order valence-electron chi connectivity index (χ2n) is 4.91. The van der Waals surface area contributed by atoms with Gasteiger partial charge in [0.2, 0.25) is 0 Å². The SMILES string of the molecule is C=CC(C)CN(C)C1CCCN(C(=O)OOC)C1. The van der Waals surface area contributed by atoms with Gasteiger partial charge in [-0.3, -0.25) is 4.89 Å². The molecule has 2 atom stereocenters. The third-order valence-electron chi connectivity index (χ3n) is 3.41. The molecule has 1 saturated heterocycles. The number of piperidine rings is 1. The Morgan fingerprint density at radius 3 is 3.00 bits per heavy atom. The van der Waals surface area contributed by atoms with Gasteiger partial charge in [0.25, 0.3) is 0 Å². The van der Waals surface area contributed by atoms with Crippen LogP contribution in [0.4, 0.5) is 4.79 Å². The standard InChI is InChI=1S/C13H24N2O3/c1-5-11(2)9-14(3)12-7-6-8-15(10-12)13(16)18-17-4/h5,11-12H,1,6-10H2,2-4H3. The Bertz CT molecular complexity index is 283. The summed E-state index contributed by atoms with van der Waals surface area (Å²) in [6.45, 7) is 8.34. The lowest BCUT2D eigenvalue weighted by Crippen LogP contribution is -2.49. The second kappa shape index (κ2) is 7.38. The molecule has 5 heteroatoms. The highest BCUT2D eigenvalue weighted by molar-refractivity contribution is 5.67. The maximum atomic E-state index is 11.6. The van der Waals surface area contributed by atoms with Gasteiger partial charge in [-0.2, -0.15) is 4.89 Å². The van der Waals surface area contributed by atoms with E-state index in [0.717, 1.165) is 25.9 Å². The van der Waals surface area contributed by atoms with Crippen molar-refractivity contribution in [3.8, 4) is 0 Å². The zero-order chi connectivity index (χ0) is 13.5. The van der Waals surface area contributed by atoms with Crippen molar-refractivity contribution in [2.75, 3.05) is 33.8 Å². The molecule has 1 rings (SSSR count). The monoisotopic (exact) mass is 256 g/mol. The first-order chi connectivity index (χ1) is 8.58. The molecule has 0 bridgehead atoms. The third-order valence-corrected chi connectivity index (χ3v) is 3.41. The average Bonchev–Trinajstić information content (AvgIpc) is 2.39. The molecule has 1 heterocycles. The van der Waals surface area contributed by atoms with E-state index in [4.69, 9.17) is 0 Å². The number of nitrogens with zero attached hydrogens (tertiary/aromatic N) is 2. The second-order valence-corrected chi connectivity index (χ2v) is 4.91. The molecule has 0 aromatic heterocycles. The van der Waals surface area contributed by atoms with Crippen LogP contribution in [-0.4, -0.2) is 55.7 Å². The smallest absolute Gasteiger partial charge is 0.304 e. The molecule has 1 aliphatic rings. The molecule has 0 spiro atoms. The predicted octanol–water partition coefficient (Wildman–Crippen LogP) is 1.90. The lowest BCUT2D eigenvalue weighted by atomic mass is 10.0. The lowest BCUT2D eigenvalue weighted by Gasteiger charge is -2.37. The van der Waals surface area contributed by atoms with E-state index in [1.165, 1.54) is 7.11 Å². The van der Waals surface area contributed by atoms with Crippen LogP contribution < -0.4 is 0 Å². The zero-order valence-corrected chi connectivity index (χ0v) is 11.6. The molecule has 0 N–H and O–H groups in total. The molecule has 1 amide bonds. The van der Waals surface area contributed by atoms with Crippen molar-refractivity contribution in [1.29, 1.82) is 0 Å². The van der Waals surface area contributed by atoms with Gasteiger partial charge in [-0.05, 0) is 25.8 Å². The van der Waals surface area contributed by atoms with Gasteiger partial charge in [-0.15, -0.1) is 6.58 Å². The fraction of sp³-hybridized carbons (Fsp3) is 0.769. The summed E-state index contributed by atoms with van der Waals surface area (Å²) in [5.41, 5.74) is 0. The van der Waals surface area contributed by atoms with E-state index in [-0.39, 0.29) is 0 Å². The van der Waals surface area contributed by atoms with E-state index < -0.39 is 6.09 Å². The van der Waals surface area contributed by atoms with Crippen molar-refractivity contribution >= 4 is 6.09 Å². The van der Waals surface area contributed by atoms with Crippen LogP contribution in [0.5, 0.6) is 0 Å². The Kier molecular flexibility index (Phi) is 6.15. The molecule has 1 fully saturated rings. The Balaban J connectivity index is 2.47. The molecule has 0 radical (unpaired) electrons. The van der Waals surface area contributed by atoms with Crippen LogP contribution in [0.3, 0.4) is 0 Å². The number of amides is 1. The molecule has 18 heavy (non-hydrogen) atoms. The summed E-state index contributed by atoms with van der Waals surface area (Å²) in [7, 11) is 3.44. The molecule has 0 aromatic carbocycles. The summed E-state index contributed by atoms with van der Waals surface area (Å²) >= 11 is 0. The summed E-state index contributed by atoms with van der Waals surface area (Å²) in [5.74, 6) is 0.455. The summed E-state index contributed by atoms with van der Waals surface area (Å²) < 4.78 is 0. The van der Waals surface area contributed by atoms with Gasteiger partial charge in [-0.1, -0.05) is 13.0 Å². The van der Waals surface area contributed by atoms with Crippen LogP contribution in [0.2, 0.25) is 0 Å². The van der Waals surface area contributed by atoms with Gasteiger partial charge in [-0.25, -0.2) is 4.79 Å². The quantitative estimate of drug-likeness (QED) is 0.428. The highest BCUT2D eigenvalue weighted by atomic mass is 17.2. The molecule has 2 unspecified atom stereocenters. The van der Waals surface area contributed by atoms with Crippen molar-refractivity contribution in [2.24, 2.45) is 5.92 Å². The van der Waals surface area contributed by atoms with Gasteiger partial charge in [0.1, 0.15) is 0 Å². The fourth-order valence-corrected chi connectivity index (χ4v) is 2.28.